The maximum absolute atomic E-state index is 11.9. The number of nitrogens with one attached hydrogen (secondary N) is 1. The summed E-state index contributed by atoms with van der Waals surface area (Å²) in [7, 11) is -3.25. The van der Waals surface area contributed by atoms with Crippen LogP contribution in [0.3, 0.4) is 0 Å². The molecule has 0 aliphatic carbocycles. The monoisotopic (exact) mass is 267 g/mol. The molecular weight excluding hydrogens is 254 g/mol. The molecule has 2 rings (SSSR count). The van der Waals surface area contributed by atoms with Gasteiger partial charge in [-0.15, -0.1) is 0 Å². The van der Waals surface area contributed by atoms with Gasteiger partial charge in [-0.3, -0.25) is 0 Å². The van der Waals surface area contributed by atoms with Crippen LogP contribution in [-0.4, -0.2) is 24.3 Å². The van der Waals surface area contributed by atoms with Crippen molar-refractivity contribution >= 4 is 15.5 Å². The molecule has 0 radical (unpaired) electrons. The zero-order chi connectivity index (χ0) is 13.0. The van der Waals surface area contributed by atoms with Crippen LogP contribution in [0, 0.1) is 0 Å². The number of sulfone groups is 1. The molecule has 7 heteroatoms. The largest absolute Gasteiger partial charge is 0.377 e. The van der Waals surface area contributed by atoms with Gasteiger partial charge in [0.05, 0.1) is 22.9 Å². The normalized spacial score (nSPS) is 11.4. The van der Waals surface area contributed by atoms with Crippen molar-refractivity contribution in [3.63, 3.8) is 0 Å². The highest BCUT2D eigenvalue weighted by Crippen LogP contribution is 2.22. The van der Waals surface area contributed by atoms with Crippen molar-refractivity contribution in [3.05, 3.63) is 36.5 Å². The van der Waals surface area contributed by atoms with Gasteiger partial charge in [-0.2, -0.15) is 4.98 Å². The second-order valence-electron chi connectivity index (χ2n) is 3.60. The molecule has 0 saturated carbocycles. The van der Waals surface area contributed by atoms with Gasteiger partial charge >= 0.3 is 0 Å². The van der Waals surface area contributed by atoms with Crippen molar-refractivity contribution in [2.45, 2.75) is 18.4 Å². The smallest absolute Gasteiger partial charge is 0.213 e. The standard InChI is InChI=1S/C11H13N3O3S/c1-2-18(15,16)10-6-4-3-5-9(10)12-7-11-13-8-17-14-11/h3-6,8,12H,2,7H2,1H3. The predicted molar refractivity (Wildman–Crippen MR) is 65.8 cm³/mol. The Kier molecular flexibility index (Phi) is 3.61. The average Bonchev–Trinajstić information content (AvgIpc) is 2.90. The fourth-order valence-corrected chi connectivity index (χ4v) is 2.56. The van der Waals surface area contributed by atoms with E-state index < -0.39 is 9.84 Å². The molecule has 18 heavy (non-hydrogen) atoms. The van der Waals surface area contributed by atoms with E-state index in [1.807, 2.05) is 0 Å². The summed E-state index contributed by atoms with van der Waals surface area (Å²) in [5, 5.41) is 6.64. The summed E-state index contributed by atoms with van der Waals surface area (Å²) in [5.41, 5.74) is 0.546. The molecule has 0 atom stereocenters. The van der Waals surface area contributed by atoms with Gasteiger partial charge in [0.2, 0.25) is 6.39 Å². The number of hydrogen-bond acceptors (Lipinski definition) is 6. The molecule has 0 fully saturated rings. The predicted octanol–water partition coefficient (Wildman–Crippen LogP) is 1.48. The maximum Gasteiger partial charge on any atom is 0.213 e. The minimum atomic E-state index is -3.25. The summed E-state index contributed by atoms with van der Waals surface area (Å²) >= 11 is 0. The zero-order valence-corrected chi connectivity index (χ0v) is 10.6. The molecule has 6 nitrogen and oxygen atoms in total. The first-order chi connectivity index (χ1) is 8.63. The van der Waals surface area contributed by atoms with Crippen LogP contribution < -0.4 is 5.32 Å². The highest BCUT2D eigenvalue weighted by atomic mass is 32.2. The number of benzene rings is 1. The summed E-state index contributed by atoms with van der Waals surface area (Å²) < 4.78 is 28.4. The van der Waals surface area contributed by atoms with Crippen LogP contribution in [0.25, 0.3) is 0 Å². The second-order valence-corrected chi connectivity index (χ2v) is 5.85. The molecule has 0 spiro atoms. The minimum absolute atomic E-state index is 0.0634. The first-order valence-electron chi connectivity index (χ1n) is 5.44. The van der Waals surface area contributed by atoms with Crippen molar-refractivity contribution in [3.8, 4) is 0 Å². The molecule has 0 aliphatic heterocycles. The Labute approximate surface area is 105 Å². The average molecular weight is 267 g/mol. The Morgan fingerprint density at radius 3 is 2.78 bits per heavy atom. The molecule has 2 aromatic rings. The van der Waals surface area contributed by atoms with Crippen molar-refractivity contribution in [2.24, 2.45) is 0 Å². The number of para-hydroxylation sites is 1. The van der Waals surface area contributed by atoms with Crippen molar-refractivity contribution in [1.82, 2.24) is 10.1 Å². The maximum atomic E-state index is 11.9. The zero-order valence-electron chi connectivity index (χ0n) is 9.83. The molecule has 1 heterocycles. The molecular formula is C11H13N3O3S. The number of anilines is 1. The molecule has 1 aromatic carbocycles. The van der Waals surface area contributed by atoms with Crippen LogP contribution in [0.1, 0.15) is 12.7 Å². The summed E-state index contributed by atoms with van der Waals surface area (Å²) in [6.45, 7) is 1.93. The SMILES string of the molecule is CCS(=O)(=O)c1ccccc1NCc1ncon1. The van der Waals surface area contributed by atoms with Crippen molar-refractivity contribution in [2.75, 3.05) is 11.1 Å². The highest BCUT2D eigenvalue weighted by molar-refractivity contribution is 7.91. The van der Waals surface area contributed by atoms with Gasteiger partial charge in [0.15, 0.2) is 15.7 Å². The van der Waals surface area contributed by atoms with E-state index in [0.29, 0.717) is 18.1 Å². The fourth-order valence-electron chi connectivity index (χ4n) is 1.48. The quantitative estimate of drug-likeness (QED) is 0.883. The first-order valence-corrected chi connectivity index (χ1v) is 7.09. The van der Waals surface area contributed by atoms with Crippen LogP contribution in [0.15, 0.2) is 40.1 Å². The lowest BCUT2D eigenvalue weighted by Gasteiger charge is -2.10. The van der Waals surface area contributed by atoms with Gasteiger partial charge in [-0.05, 0) is 12.1 Å². The molecule has 0 aliphatic rings. The third-order valence-electron chi connectivity index (χ3n) is 2.45. The van der Waals surface area contributed by atoms with Crippen LogP contribution >= 0.6 is 0 Å². The Morgan fingerprint density at radius 1 is 1.33 bits per heavy atom. The summed E-state index contributed by atoms with van der Waals surface area (Å²) in [5.74, 6) is 0.534. The Bertz CT molecular complexity index is 608. The lowest BCUT2D eigenvalue weighted by atomic mass is 10.3. The fraction of sp³-hybridized carbons (Fsp3) is 0.273. The van der Waals surface area contributed by atoms with Crippen molar-refractivity contribution < 1.29 is 12.9 Å². The van der Waals surface area contributed by atoms with Gasteiger partial charge in [0.1, 0.15) is 0 Å². The molecule has 0 unspecified atom stereocenters. The van der Waals surface area contributed by atoms with E-state index in [0.717, 1.165) is 0 Å². The molecule has 1 aromatic heterocycles. The van der Waals surface area contributed by atoms with E-state index in [-0.39, 0.29) is 10.6 Å². The van der Waals surface area contributed by atoms with Gasteiger partial charge in [0, 0.05) is 0 Å². The molecule has 0 bridgehead atoms. The summed E-state index contributed by atoms with van der Waals surface area (Å²) in [4.78, 5) is 4.14. The van der Waals surface area contributed by atoms with Crippen LogP contribution in [0.4, 0.5) is 5.69 Å². The van der Waals surface area contributed by atoms with Crippen LogP contribution in [0.2, 0.25) is 0 Å². The van der Waals surface area contributed by atoms with Crippen molar-refractivity contribution in [1.29, 1.82) is 0 Å². The molecule has 0 saturated heterocycles. The third kappa shape index (κ3) is 2.67. The van der Waals surface area contributed by atoms with Gasteiger partial charge in [-0.1, -0.05) is 24.2 Å². The second kappa shape index (κ2) is 5.18. The van der Waals surface area contributed by atoms with E-state index in [1.54, 1.807) is 31.2 Å². The first kappa shape index (κ1) is 12.6. The number of rotatable bonds is 5. The summed E-state index contributed by atoms with van der Waals surface area (Å²) in [6, 6.07) is 6.76. The molecule has 0 amide bonds. The highest BCUT2D eigenvalue weighted by Gasteiger charge is 2.15. The van der Waals surface area contributed by atoms with E-state index in [1.165, 1.54) is 6.39 Å². The summed E-state index contributed by atoms with van der Waals surface area (Å²) in [6.07, 6.45) is 1.23. The van der Waals surface area contributed by atoms with Gasteiger partial charge in [-0.25, -0.2) is 8.42 Å². The Balaban J connectivity index is 2.23. The van der Waals surface area contributed by atoms with Crippen LogP contribution in [-0.2, 0) is 16.4 Å². The van der Waals surface area contributed by atoms with E-state index in [2.05, 4.69) is 20.0 Å². The topological polar surface area (TPSA) is 85.1 Å². The molecule has 96 valence electrons. The Morgan fingerprint density at radius 2 is 2.11 bits per heavy atom. The van der Waals surface area contributed by atoms with E-state index >= 15 is 0 Å². The Hall–Kier alpha value is -1.89. The van der Waals surface area contributed by atoms with E-state index in [4.69, 9.17) is 0 Å². The lowest BCUT2D eigenvalue weighted by molar-refractivity contribution is 0.411. The third-order valence-corrected chi connectivity index (χ3v) is 4.23. The lowest BCUT2D eigenvalue weighted by Crippen LogP contribution is -2.09. The van der Waals surface area contributed by atoms with Gasteiger partial charge < -0.3 is 9.84 Å². The van der Waals surface area contributed by atoms with E-state index in [9.17, 15) is 8.42 Å². The number of aromatic nitrogens is 2. The van der Waals surface area contributed by atoms with Crippen LogP contribution in [0.5, 0.6) is 0 Å². The minimum Gasteiger partial charge on any atom is -0.377 e. The molecule has 1 N–H and O–H groups in total. The number of hydrogen-bond donors (Lipinski definition) is 1. The number of nitrogens with zero attached hydrogens (tertiary/aromatic N) is 2. The van der Waals surface area contributed by atoms with Gasteiger partial charge in [0.25, 0.3) is 0 Å².